The predicted octanol–water partition coefficient (Wildman–Crippen LogP) is 2.91. The fourth-order valence-electron chi connectivity index (χ4n) is 1.84. The Bertz CT molecular complexity index is 370. The lowest BCUT2D eigenvalue weighted by Crippen LogP contribution is -2.26. The largest absolute Gasteiger partial charge is 0.493 e. The maximum absolute atomic E-state index is 13.2. The summed E-state index contributed by atoms with van der Waals surface area (Å²) in [6.07, 6.45) is 0.892. The second-order valence-corrected chi connectivity index (χ2v) is 3.96. The zero-order chi connectivity index (χ0) is 10.8. The number of benzene rings is 1. The van der Waals surface area contributed by atoms with Crippen LogP contribution in [0, 0.1) is 5.82 Å². The lowest BCUT2D eigenvalue weighted by atomic mass is 10.0. The number of nitrogens with one attached hydrogen (secondary N) is 1. The van der Waals surface area contributed by atoms with Crippen molar-refractivity contribution in [1.82, 2.24) is 5.32 Å². The van der Waals surface area contributed by atoms with Crippen LogP contribution in [0.3, 0.4) is 0 Å². The highest BCUT2D eigenvalue weighted by atomic mass is 35.5. The minimum atomic E-state index is -0.424. The first-order chi connectivity index (χ1) is 7.22. The van der Waals surface area contributed by atoms with Crippen molar-refractivity contribution in [3.05, 3.63) is 28.5 Å². The van der Waals surface area contributed by atoms with Gasteiger partial charge < -0.3 is 10.1 Å². The van der Waals surface area contributed by atoms with Gasteiger partial charge in [-0.25, -0.2) is 4.39 Å². The Morgan fingerprint density at radius 2 is 2.40 bits per heavy atom. The fourth-order valence-corrected chi connectivity index (χ4v) is 2.01. The van der Waals surface area contributed by atoms with Crippen LogP contribution < -0.4 is 10.1 Å². The monoisotopic (exact) mass is 229 g/mol. The van der Waals surface area contributed by atoms with Crippen molar-refractivity contribution in [3.8, 4) is 5.75 Å². The van der Waals surface area contributed by atoms with Gasteiger partial charge in [-0.1, -0.05) is 18.5 Å². The topological polar surface area (TPSA) is 21.3 Å². The van der Waals surface area contributed by atoms with E-state index in [4.69, 9.17) is 16.3 Å². The van der Waals surface area contributed by atoms with E-state index in [1.54, 1.807) is 6.07 Å². The third kappa shape index (κ3) is 2.08. The number of halogens is 2. The molecule has 1 aromatic carbocycles. The van der Waals surface area contributed by atoms with Gasteiger partial charge in [0.2, 0.25) is 0 Å². The Balaban J connectivity index is 2.38. The minimum absolute atomic E-state index is 0.155. The highest BCUT2D eigenvalue weighted by molar-refractivity contribution is 6.30. The van der Waals surface area contributed by atoms with Crippen LogP contribution in [-0.2, 0) is 0 Å². The molecule has 82 valence electrons. The summed E-state index contributed by atoms with van der Waals surface area (Å²) in [7, 11) is 0. The number of fused-ring (bicyclic) bond motifs is 1. The molecule has 4 heteroatoms. The number of rotatable bonds is 2. The van der Waals surface area contributed by atoms with E-state index >= 15 is 0 Å². The second kappa shape index (κ2) is 4.37. The van der Waals surface area contributed by atoms with E-state index < -0.39 is 5.82 Å². The molecule has 1 aliphatic rings. The van der Waals surface area contributed by atoms with Crippen molar-refractivity contribution in [1.29, 1.82) is 0 Å². The van der Waals surface area contributed by atoms with Crippen molar-refractivity contribution in [3.63, 3.8) is 0 Å². The molecule has 0 aliphatic carbocycles. The molecule has 2 rings (SSSR count). The van der Waals surface area contributed by atoms with E-state index in [0.717, 1.165) is 18.5 Å². The summed E-state index contributed by atoms with van der Waals surface area (Å²) in [5, 5.41) is 3.48. The molecule has 0 saturated heterocycles. The highest BCUT2D eigenvalue weighted by Crippen LogP contribution is 2.35. The number of hydrogen-bond donors (Lipinski definition) is 1. The summed E-state index contributed by atoms with van der Waals surface area (Å²) in [5.74, 6) is 0.182. The fraction of sp³-hybridized carbons (Fsp3) is 0.455. The van der Waals surface area contributed by atoms with Crippen LogP contribution in [-0.4, -0.2) is 13.2 Å². The van der Waals surface area contributed by atoms with Gasteiger partial charge in [0, 0.05) is 24.1 Å². The number of hydrogen-bond acceptors (Lipinski definition) is 2. The van der Waals surface area contributed by atoms with Crippen LogP contribution in [0.4, 0.5) is 4.39 Å². The lowest BCUT2D eigenvalue weighted by Gasteiger charge is -2.26. The molecule has 0 bridgehead atoms. The zero-order valence-electron chi connectivity index (χ0n) is 8.52. The molecule has 0 spiro atoms. The summed E-state index contributed by atoms with van der Waals surface area (Å²) < 4.78 is 18.6. The van der Waals surface area contributed by atoms with Gasteiger partial charge in [-0.3, -0.25) is 0 Å². The average molecular weight is 230 g/mol. The molecule has 0 aromatic heterocycles. The molecule has 1 aromatic rings. The molecular formula is C11H13ClFNO. The smallest absolute Gasteiger partial charge is 0.145 e. The maximum Gasteiger partial charge on any atom is 0.145 e. The van der Waals surface area contributed by atoms with Crippen LogP contribution in [0.1, 0.15) is 24.9 Å². The van der Waals surface area contributed by atoms with Crippen molar-refractivity contribution >= 4 is 11.6 Å². The molecule has 15 heavy (non-hydrogen) atoms. The molecule has 1 aliphatic heterocycles. The lowest BCUT2D eigenvalue weighted by molar-refractivity contribution is 0.253. The standard InChI is InChI=1S/C11H13ClFNO/c1-2-14-10-3-4-15-11-6-9(13)8(12)5-7(10)11/h5-6,10,14H,2-4H2,1H3. The van der Waals surface area contributed by atoms with E-state index in [0.29, 0.717) is 12.4 Å². The van der Waals surface area contributed by atoms with Crippen molar-refractivity contribution in [2.24, 2.45) is 0 Å². The predicted molar refractivity (Wildman–Crippen MR) is 57.9 cm³/mol. The van der Waals surface area contributed by atoms with Gasteiger partial charge in [-0.05, 0) is 12.6 Å². The molecule has 0 amide bonds. The van der Waals surface area contributed by atoms with E-state index in [9.17, 15) is 4.39 Å². The van der Waals surface area contributed by atoms with Crippen LogP contribution in [0.2, 0.25) is 5.02 Å². The van der Waals surface area contributed by atoms with E-state index in [2.05, 4.69) is 5.32 Å². The van der Waals surface area contributed by atoms with E-state index in [1.165, 1.54) is 6.07 Å². The Labute approximate surface area is 93.4 Å². The van der Waals surface area contributed by atoms with E-state index in [1.807, 2.05) is 6.92 Å². The summed E-state index contributed by atoms with van der Waals surface area (Å²) in [4.78, 5) is 0. The summed E-state index contributed by atoms with van der Waals surface area (Å²) in [6, 6.07) is 3.23. The summed E-state index contributed by atoms with van der Waals surface area (Å²) in [6.45, 7) is 3.53. The first kappa shape index (κ1) is 10.7. The molecule has 0 fully saturated rings. The zero-order valence-corrected chi connectivity index (χ0v) is 9.27. The quantitative estimate of drug-likeness (QED) is 0.842. The molecule has 2 nitrogen and oxygen atoms in total. The molecule has 1 atom stereocenters. The molecular weight excluding hydrogens is 217 g/mol. The first-order valence-corrected chi connectivity index (χ1v) is 5.45. The van der Waals surface area contributed by atoms with Gasteiger partial charge in [0.1, 0.15) is 11.6 Å². The molecule has 1 unspecified atom stereocenters. The average Bonchev–Trinajstić information content (AvgIpc) is 2.21. The summed E-state index contributed by atoms with van der Waals surface area (Å²) in [5.41, 5.74) is 0.953. The maximum atomic E-state index is 13.2. The third-order valence-corrected chi connectivity index (χ3v) is 2.83. The van der Waals surface area contributed by atoms with Crippen LogP contribution in [0.15, 0.2) is 12.1 Å². The Morgan fingerprint density at radius 3 is 3.13 bits per heavy atom. The molecule has 1 heterocycles. The Morgan fingerprint density at radius 1 is 1.60 bits per heavy atom. The van der Waals surface area contributed by atoms with E-state index in [-0.39, 0.29) is 11.1 Å². The summed E-state index contributed by atoms with van der Waals surface area (Å²) >= 11 is 5.75. The Kier molecular flexibility index (Phi) is 3.12. The van der Waals surface area contributed by atoms with Gasteiger partial charge in [-0.15, -0.1) is 0 Å². The molecule has 0 saturated carbocycles. The van der Waals surface area contributed by atoms with Crippen molar-refractivity contribution in [2.75, 3.05) is 13.2 Å². The normalized spacial score (nSPS) is 19.5. The number of ether oxygens (including phenoxy) is 1. The van der Waals surface area contributed by atoms with Gasteiger partial charge >= 0.3 is 0 Å². The highest BCUT2D eigenvalue weighted by Gasteiger charge is 2.22. The van der Waals surface area contributed by atoms with Crippen LogP contribution in [0.25, 0.3) is 0 Å². The van der Waals surface area contributed by atoms with Crippen molar-refractivity contribution < 1.29 is 9.13 Å². The van der Waals surface area contributed by atoms with Gasteiger partial charge in [0.15, 0.2) is 0 Å². The van der Waals surface area contributed by atoms with Crippen molar-refractivity contribution in [2.45, 2.75) is 19.4 Å². The molecule has 0 radical (unpaired) electrons. The third-order valence-electron chi connectivity index (χ3n) is 2.54. The molecule has 1 N–H and O–H groups in total. The van der Waals surface area contributed by atoms with Gasteiger partial charge in [0.05, 0.1) is 11.6 Å². The van der Waals surface area contributed by atoms with Gasteiger partial charge in [-0.2, -0.15) is 0 Å². The SMILES string of the molecule is CCNC1CCOc2cc(F)c(Cl)cc21. The van der Waals surface area contributed by atoms with Crippen LogP contribution in [0.5, 0.6) is 5.75 Å². The first-order valence-electron chi connectivity index (χ1n) is 5.07. The van der Waals surface area contributed by atoms with Gasteiger partial charge in [0.25, 0.3) is 0 Å². The van der Waals surface area contributed by atoms with Crippen LogP contribution >= 0.6 is 11.6 Å². The second-order valence-electron chi connectivity index (χ2n) is 3.55. The minimum Gasteiger partial charge on any atom is -0.493 e. The Hall–Kier alpha value is -0.800.